The topological polar surface area (TPSA) is 0 Å². The van der Waals surface area contributed by atoms with E-state index in [1.807, 2.05) is 0 Å². The van der Waals surface area contributed by atoms with E-state index in [0.29, 0.717) is 0 Å². The summed E-state index contributed by atoms with van der Waals surface area (Å²) in [6.07, 6.45) is 0. The van der Waals surface area contributed by atoms with Gasteiger partial charge in [0.25, 0.3) is 0 Å². The third-order valence-electron chi connectivity index (χ3n) is 0.500. The first-order valence-corrected chi connectivity index (χ1v) is 11.3. The molecule has 0 aromatic rings. The van der Waals surface area contributed by atoms with Crippen molar-refractivity contribution in [1.82, 2.24) is 0 Å². The molecule has 2 heteroatoms. The molecule has 0 aromatic heterocycles. The number of hydrogen-bond donors (Lipinski definition) is 0. The normalized spacial score (nSPS) is 4.40. The fourth-order valence-corrected chi connectivity index (χ4v) is 0. The zero-order chi connectivity index (χ0) is 3.41. The van der Waals surface area contributed by atoms with Gasteiger partial charge in [0.15, 0.2) is 0 Å². The summed E-state index contributed by atoms with van der Waals surface area (Å²) >= 11 is -0.113. The van der Waals surface area contributed by atoms with Gasteiger partial charge in [-0.15, -0.1) is 0 Å². The predicted octanol–water partition coefficient (Wildman–Crippen LogP) is -1.44. The van der Waals surface area contributed by atoms with E-state index in [-0.39, 0.29) is 37.0 Å². The van der Waals surface area contributed by atoms with Gasteiger partial charge in [0, 0.05) is 0 Å². The second kappa shape index (κ2) is 8.97. The molecular weight excluding hydrogens is 272 g/mol. The van der Waals surface area contributed by atoms with Crippen LogP contribution in [0.5, 0.6) is 0 Å². The molecule has 0 aliphatic heterocycles. The van der Waals surface area contributed by atoms with Crippen LogP contribution in [0.3, 0.4) is 0 Å². The largest absolute Gasteiger partial charge is 1.00 e. The molecule has 0 aromatic carbocycles. The van der Waals surface area contributed by atoms with Gasteiger partial charge in [0.1, 0.15) is 0 Å². The summed E-state index contributed by atoms with van der Waals surface area (Å²) in [5.41, 5.74) is 0. The molecule has 0 spiro atoms. The van der Waals surface area contributed by atoms with Gasteiger partial charge >= 0.3 is 39.9 Å². The molecule has 0 heterocycles. The van der Waals surface area contributed by atoms with E-state index in [1.54, 1.807) is 3.93 Å². The van der Waals surface area contributed by atoms with E-state index < -0.39 is 0 Å². The van der Waals surface area contributed by atoms with E-state index in [0.717, 1.165) is 0 Å². The molecular formula is C3H8ClHg-. The van der Waals surface area contributed by atoms with Crippen molar-refractivity contribution in [3.05, 3.63) is 0 Å². The van der Waals surface area contributed by atoms with Crippen LogP contribution in [0.15, 0.2) is 0 Å². The van der Waals surface area contributed by atoms with E-state index in [2.05, 4.69) is 11.4 Å². The van der Waals surface area contributed by atoms with Gasteiger partial charge in [-0.1, -0.05) is 0 Å². The molecule has 5 heavy (non-hydrogen) atoms. The Labute approximate surface area is 52.2 Å². The molecule has 0 N–H and O–H groups in total. The minimum atomic E-state index is -0.113. The van der Waals surface area contributed by atoms with Crippen molar-refractivity contribution < 1.29 is 37.0 Å². The fourth-order valence-electron chi connectivity index (χ4n) is 0. The Morgan fingerprint density at radius 3 is 1.80 bits per heavy atom. The first-order valence-electron chi connectivity index (χ1n) is 1.91. The maximum Gasteiger partial charge on any atom is -1.00 e. The van der Waals surface area contributed by atoms with Crippen LogP contribution in [0.1, 0.15) is 6.92 Å². The summed E-state index contributed by atoms with van der Waals surface area (Å²) in [7, 11) is 0. The second-order valence-corrected chi connectivity index (χ2v) is 8.77. The zero-order valence-electron chi connectivity index (χ0n) is 3.79. The minimum Gasteiger partial charge on any atom is -1.00 e. The molecule has 0 aliphatic carbocycles. The Kier molecular flexibility index (Phi) is 17.1. The third-order valence-corrected chi connectivity index (χ3v) is 4.39. The van der Waals surface area contributed by atoms with Gasteiger partial charge in [0.05, 0.1) is 0 Å². The molecule has 0 rings (SSSR count). The van der Waals surface area contributed by atoms with Crippen LogP contribution >= 0.6 is 0 Å². The fraction of sp³-hybridized carbons (Fsp3) is 1.00. The van der Waals surface area contributed by atoms with Gasteiger partial charge in [-0.3, -0.25) is 0 Å². The number of halogens is 1. The summed E-state index contributed by atoms with van der Waals surface area (Å²) in [6, 6.07) is 0. The first-order chi connectivity index (χ1) is 1.91. The van der Waals surface area contributed by atoms with Gasteiger partial charge in [-0.05, 0) is 0 Å². The average molecular weight is 280 g/mol. The van der Waals surface area contributed by atoms with Crippen LogP contribution < -0.4 is 12.4 Å². The van der Waals surface area contributed by atoms with E-state index >= 15 is 0 Å². The van der Waals surface area contributed by atoms with Crippen LogP contribution in [0, 0.1) is 0 Å². The Balaban J connectivity index is 0. The summed E-state index contributed by atoms with van der Waals surface area (Å²) < 4.78 is 3.94. The molecule has 0 atom stereocenters. The Bertz CT molecular complexity index is 8.85. The zero-order valence-corrected chi connectivity index (χ0v) is 10.0. The molecule has 0 unspecified atom stereocenters. The van der Waals surface area contributed by atoms with E-state index in [1.165, 1.54) is 0 Å². The standard InChI is InChI=1S/C2H5.CH3.ClH.Hg/c1-2;;;/h1H2,2H3;1H3;1H;/p-1. The van der Waals surface area contributed by atoms with Crippen molar-refractivity contribution in [2.24, 2.45) is 0 Å². The second-order valence-electron chi connectivity index (χ2n) is 1.000. The van der Waals surface area contributed by atoms with Gasteiger partial charge in [-0.2, -0.15) is 0 Å². The van der Waals surface area contributed by atoms with Crippen molar-refractivity contribution in [3.63, 3.8) is 0 Å². The minimum absolute atomic E-state index is 0. The van der Waals surface area contributed by atoms with Crippen LogP contribution in [0.4, 0.5) is 0 Å². The van der Waals surface area contributed by atoms with Crippen molar-refractivity contribution in [1.29, 1.82) is 0 Å². The van der Waals surface area contributed by atoms with Crippen LogP contribution in [-0.2, 0) is 24.6 Å². The monoisotopic (exact) mass is 281 g/mol. The Hall–Kier alpha value is 1.23. The molecule has 0 saturated carbocycles. The molecule has 0 saturated heterocycles. The quantitative estimate of drug-likeness (QED) is 0.516. The predicted molar refractivity (Wildman–Crippen MR) is 16.3 cm³/mol. The molecule has 0 bridgehead atoms. The average Bonchev–Trinajstić information content (AvgIpc) is 1.37. The molecule has 0 nitrogen and oxygen atoms in total. The van der Waals surface area contributed by atoms with E-state index in [4.69, 9.17) is 0 Å². The maximum absolute atomic E-state index is 2.40. The van der Waals surface area contributed by atoms with Crippen LogP contribution in [0.25, 0.3) is 0 Å². The molecule has 0 radical (unpaired) electrons. The van der Waals surface area contributed by atoms with Gasteiger partial charge < -0.3 is 12.4 Å². The Morgan fingerprint density at radius 2 is 1.80 bits per heavy atom. The SMILES string of the molecule is C[CH2][Hg][CH3].[Cl-]. The van der Waals surface area contributed by atoms with Crippen LogP contribution in [0.2, 0.25) is 8.36 Å². The van der Waals surface area contributed by atoms with Gasteiger partial charge in [0.2, 0.25) is 0 Å². The van der Waals surface area contributed by atoms with E-state index in [9.17, 15) is 0 Å². The summed E-state index contributed by atoms with van der Waals surface area (Å²) in [5, 5.41) is 0. The smallest absolute Gasteiger partial charge is 1.00 e. The molecule has 30 valence electrons. The summed E-state index contributed by atoms with van der Waals surface area (Å²) in [5.74, 6) is 0. The van der Waals surface area contributed by atoms with Crippen molar-refractivity contribution in [2.45, 2.75) is 15.3 Å². The Morgan fingerprint density at radius 1 is 1.60 bits per heavy atom. The van der Waals surface area contributed by atoms with Crippen LogP contribution in [-0.4, -0.2) is 0 Å². The molecule has 0 fully saturated rings. The summed E-state index contributed by atoms with van der Waals surface area (Å²) in [6.45, 7) is 2.28. The number of rotatable bonds is 1. The molecule has 0 amide bonds. The molecule has 0 aliphatic rings. The first kappa shape index (κ1) is 9.52. The van der Waals surface area contributed by atoms with Gasteiger partial charge in [-0.25, -0.2) is 0 Å². The van der Waals surface area contributed by atoms with Crippen molar-refractivity contribution in [2.75, 3.05) is 0 Å². The third kappa shape index (κ3) is 11.0. The summed E-state index contributed by atoms with van der Waals surface area (Å²) in [4.78, 5) is 0. The van der Waals surface area contributed by atoms with Crippen molar-refractivity contribution in [3.8, 4) is 0 Å². The number of hydrogen-bond acceptors (Lipinski definition) is 0. The van der Waals surface area contributed by atoms with Crippen molar-refractivity contribution >= 4 is 0 Å². The maximum atomic E-state index is 2.40.